The third-order valence-electron chi connectivity index (χ3n) is 1.49. The lowest BCUT2D eigenvalue weighted by Crippen LogP contribution is -2.31. The molecule has 1 rings (SSSR count). The van der Waals surface area contributed by atoms with Crippen molar-refractivity contribution in [1.29, 1.82) is 0 Å². The van der Waals surface area contributed by atoms with Crippen LogP contribution in [0.3, 0.4) is 0 Å². The van der Waals surface area contributed by atoms with E-state index in [0.29, 0.717) is 0 Å². The molecule has 0 aliphatic carbocycles. The Labute approximate surface area is 91.8 Å². The van der Waals surface area contributed by atoms with E-state index in [1.54, 1.807) is 0 Å². The molecule has 0 radical (unpaired) electrons. The molecule has 0 bridgehead atoms. The third-order valence-corrected chi connectivity index (χ3v) is 1.87. The Balaban J connectivity index is 2.85. The molecule has 0 aliphatic rings. The highest BCUT2D eigenvalue weighted by Gasteiger charge is 2.38. The normalized spacial score (nSPS) is 13.7. The maximum Gasteiger partial charge on any atom is 0.425 e. The Morgan fingerprint density at radius 2 is 2.13 bits per heavy atom. The summed E-state index contributed by atoms with van der Waals surface area (Å²) in [6.07, 6.45) is -5.18. The average Bonchev–Trinajstić information content (AvgIpc) is 2.09. The van der Waals surface area contributed by atoms with Crippen LogP contribution in [0.2, 0.25) is 0 Å². The molecule has 1 aromatic heterocycles. The van der Waals surface area contributed by atoms with Crippen molar-refractivity contribution in [3.63, 3.8) is 0 Å². The molecular formula is C7H7BrF3N3O. The van der Waals surface area contributed by atoms with Crippen molar-refractivity contribution < 1.29 is 17.9 Å². The number of hydrogen-bond acceptors (Lipinski definition) is 4. The van der Waals surface area contributed by atoms with E-state index in [2.05, 4.69) is 30.6 Å². The van der Waals surface area contributed by atoms with Gasteiger partial charge in [0, 0.05) is 0 Å². The summed E-state index contributed by atoms with van der Waals surface area (Å²) in [6, 6.07) is 0. The fourth-order valence-corrected chi connectivity index (χ4v) is 0.946. The zero-order valence-electron chi connectivity index (χ0n) is 7.55. The molecule has 4 nitrogen and oxygen atoms in total. The van der Waals surface area contributed by atoms with Gasteiger partial charge in [0.1, 0.15) is 4.60 Å². The second-order valence-corrected chi connectivity index (χ2v) is 3.50. The summed E-state index contributed by atoms with van der Waals surface area (Å²) in [5.41, 5.74) is 5.29. The first-order chi connectivity index (χ1) is 6.80. The number of nitrogen functional groups attached to an aromatic ring is 1. The standard InChI is InChI=1S/C7H7BrF3N3O/c1-3(7(9,10)11)15-6-5(12)13-2-4(8)14-6/h2-3H,1H3,(H2,12,13). The molecule has 0 saturated carbocycles. The molecule has 8 heteroatoms. The van der Waals surface area contributed by atoms with Crippen molar-refractivity contribution >= 4 is 21.7 Å². The molecule has 1 aromatic rings. The van der Waals surface area contributed by atoms with Gasteiger partial charge in [-0.05, 0) is 22.9 Å². The second kappa shape index (κ2) is 4.21. The number of halogens is 4. The van der Waals surface area contributed by atoms with Crippen molar-refractivity contribution in [2.45, 2.75) is 19.2 Å². The first-order valence-electron chi connectivity index (χ1n) is 3.82. The van der Waals surface area contributed by atoms with Crippen LogP contribution < -0.4 is 10.5 Å². The third kappa shape index (κ3) is 3.22. The molecule has 0 fully saturated rings. The second-order valence-electron chi connectivity index (χ2n) is 2.68. The quantitative estimate of drug-likeness (QED) is 0.905. The van der Waals surface area contributed by atoms with Gasteiger partial charge in [0.25, 0.3) is 5.88 Å². The summed E-state index contributed by atoms with van der Waals surface area (Å²) in [7, 11) is 0. The Hall–Kier alpha value is -1.05. The molecule has 0 amide bonds. The van der Waals surface area contributed by atoms with Gasteiger partial charge in [-0.1, -0.05) is 0 Å². The maximum atomic E-state index is 12.1. The van der Waals surface area contributed by atoms with Crippen LogP contribution in [0.5, 0.6) is 5.88 Å². The number of hydrogen-bond donors (Lipinski definition) is 1. The molecule has 0 saturated heterocycles. The Bertz CT molecular complexity index is 358. The lowest BCUT2D eigenvalue weighted by atomic mass is 10.4. The number of rotatable bonds is 2. The van der Waals surface area contributed by atoms with E-state index in [4.69, 9.17) is 5.73 Å². The van der Waals surface area contributed by atoms with Crippen LogP contribution in [-0.2, 0) is 0 Å². The van der Waals surface area contributed by atoms with Crippen molar-refractivity contribution in [2.24, 2.45) is 0 Å². The summed E-state index contributed by atoms with van der Waals surface area (Å²) in [6.45, 7) is 0.863. The minimum atomic E-state index is -4.46. The maximum absolute atomic E-state index is 12.1. The summed E-state index contributed by atoms with van der Waals surface area (Å²) >= 11 is 2.95. The molecule has 1 atom stereocenters. The molecule has 84 valence electrons. The number of nitrogens with two attached hydrogens (primary N) is 1. The molecule has 1 heterocycles. The van der Waals surface area contributed by atoms with Crippen molar-refractivity contribution in [3.8, 4) is 5.88 Å². The van der Waals surface area contributed by atoms with Crippen LogP contribution in [-0.4, -0.2) is 22.2 Å². The van der Waals surface area contributed by atoms with Crippen molar-refractivity contribution in [2.75, 3.05) is 5.73 Å². The van der Waals surface area contributed by atoms with Gasteiger partial charge in [-0.15, -0.1) is 0 Å². The van der Waals surface area contributed by atoms with Gasteiger partial charge in [-0.3, -0.25) is 0 Å². The fourth-order valence-electron chi connectivity index (χ4n) is 0.682. The van der Waals surface area contributed by atoms with E-state index in [1.807, 2.05) is 0 Å². The van der Waals surface area contributed by atoms with E-state index < -0.39 is 12.3 Å². The highest BCUT2D eigenvalue weighted by Crippen LogP contribution is 2.26. The molecule has 15 heavy (non-hydrogen) atoms. The Kier molecular flexibility index (Phi) is 3.38. The molecule has 1 unspecified atom stereocenters. The Morgan fingerprint density at radius 1 is 1.53 bits per heavy atom. The largest absolute Gasteiger partial charge is 0.462 e. The van der Waals surface area contributed by atoms with E-state index in [1.165, 1.54) is 6.20 Å². The summed E-state index contributed by atoms with van der Waals surface area (Å²) < 4.78 is 41.2. The van der Waals surface area contributed by atoms with Crippen LogP contribution in [0.4, 0.5) is 19.0 Å². The molecule has 0 aromatic carbocycles. The monoisotopic (exact) mass is 285 g/mol. The van der Waals surface area contributed by atoms with E-state index in [9.17, 15) is 13.2 Å². The van der Waals surface area contributed by atoms with E-state index in [0.717, 1.165) is 6.92 Å². The minimum absolute atomic E-state index is 0.186. The van der Waals surface area contributed by atoms with Crippen molar-refractivity contribution in [1.82, 2.24) is 9.97 Å². The number of anilines is 1. The van der Waals surface area contributed by atoms with Gasteiger partial charge >= 0.3 is 6.18 Å². The zero-order valence-corrected chi connectivity index (χ0v) is 9.13. The zero-order chi connectivity index (χ0) is 11.6. The van der Waals surface area contributed by atoms with E-state index >= 15 is 0 Å². The van der Waals surface area contributed by atoms with Gasteiger partial charge in [0.2, 0.25) is 0 Å². The highest BCUT2D eigenvalue weighted by molar-refractivity contribution is 9.10. The Morgan fingerprint density at radius 3 is 2.67 bits per heavy atom. The lowest BCUT2D eigenvalue weighted by Gasteiger charge is -2.17. The van der Waals surface area contributed by atoms with Gasteiger partial charge in [0.05, 0.1) is 6.20 Å². The topological polar surface area (TPSA) is 61.0 Å². The average molecular weight is 286 g/mol. The van der Waals surface area contributed by atoms with Gasteiger partial charge in [-0.25, -0.2) is 9.97 Å². The van der Waals surface area contributed by atoms with Crippen LogP contribution in [0.25, 0.3) is 0 Å². The van der Waals surface area contributed by atoms with E-state index in [-0.39, 0.29) is 16.3 Å². The van der Waals surface area contributed by atoms with Crippen LogP contribution in [0.1, 0.15) is 6.92 Å². The highest BCUT2D eigenvalue weighted by atomic mass is 79.9. The smallest absolute Gasteiger partial charge is 0.425 e. The SMILES string of the molecule is CC(Oc1nc(Br)cnc1N)C(F)(F)F. The van der Waals surface area contributed by atoms with Gasteiger partial charge in [-0.2, -0.15) is 13.2 Å². The van der Waals surface area contributed by atoms with Crippen LogP contribution >= 0.6 is 15.9 Å². The molecule has 0 spiro atoms. The number of nitrogens with zero attached hydrogens (tertiary/aromatic N) is 2. The summed E-state index contributed by atoms with van der Waals surface area (Å²) in [5.74, 6) is -0.525. The summed E-state index contributed by atoms with van der Waals surface area (Å²) in [5, 5.41) is 0. The van der Waals surface area contributed by atoms with Crippen LogP contribution in [0.15, 0.2) is 10.8 Å². The number of alkyl halides is 3. The first-order valence-corrected chi connectivity index (χ1v) is 4.61. The molecule has 2 N–H and O–H groups in total. The van der Waals surface area contributed by atoms with Gasteiger partial charge < -0.3 is 10.5 Å². The predicted octanol–water partition coefficient (Wildman–Crippen LogP) is 2.15. The van der Waals surface area contributed by atoms with Crippen molar-refractivity contribution in [3.05, 3.63) is 10.8 Å². The number of ether oxygens (including phenoxy) is 1. The summed E-state index contributed by atoms with van der Waals surface area (Å²) in [4.78, 5) is 7.22. The molecular weight excluding hydrogens is 279 g/mol. The number of aromatic nitrogens is 2. The lowest BCUT2D eigenvalue weighted by molar-refractivity contribution is -0.189. The van der Waals surface area contributed by atoms with Crippen LogP contribution in [0, 0.1) is 0 Å². The molecule has 0 aliphatic heterocycles. The predicted molar refractivity (Wildman–Crippen MR) is 50.3 cm³/mol. The first kappa shape index (κ1) is 12.0. The fraction of sp³-hybridized carbons (Fsp3) is 0.429. The van der Waals surface area contributed by atoms with Gasteiger partial charge in [0.15, 0.2) is 11.9 Å². The minimum Gasteiger partial charge on any atom is -0.462 e.